The fourth-order valence-corrected chi connectivity index (χ4v) is 5.67. The van der Waals surface area contributed by atoms with Gasteiger partial charge >= 0.3 is 0 Å². The monoisotopic (exact) mass is 447 g/mol. The molecule has 0 spiro atoms. The molecule has 1 amide bonds. The number of rotatable bonds is 4. The number of amides is 1. The number of nitrogens with one attached hydrogen (secondary N) is 1. The van der Waals surface area contributed by atoms with Gasteiger partial charge in [-0.2, -0.15) is 0 Å². The largest absolute Gasteiger partial charge is 0.354 e. The van der Waals surface area contributed by atoms with Crippen molar-refractivity contribution in [1.82, 2.24) is 9.88 Å². The molecule has 1 aliphatic heterocycles. The molecule has 2 fully saturated rings. The van der Waals surface area contributed by atoms with E-state index in [9.17, 15) is 22.0 Å². The van der Waals surface area contributed by atoms with Crippen LogP contribution in [0.4, 0.5) is 14.6 Å². The Morgan fingerprint density at radius 2 is 1.84 bits per heavy atom. The van der Waals surface area contributed by atoms with E-state index < -0.39 is 21.7 Å². The lowest BCUT2D eigenvalue weighted by Gasteiger charge is -2.18. The summed E-state index contributed by atoms with van der Waals surface area (Å²) >= 11 is 0. The van der Waals surface area contributed by atoms with Gasteiger partial charge in [0.2, 0.25) is 15.9 Å². The summed E-state index contributed by atoms with van der Waals surface area (Å²) in [6, 6.07) is 8.15. The zero-order chi connectivity index (χ0) is 21.9. The number of carbonyl (C=O) groups excluding carboxylic acids is 1. The molecule has 7 nitrogen and oxygen atoms in total. The van der Waals surface area contributed by atoms with E-state index >= 15 is 0 Å². The molecular formula is C21H19F2N3O4S. The van der Waals surface area contributed by atoms with Crippen molar-refractivity contribution in [3.05, 3.63) is 48.0 Å². The molecule has 5 rings (SSSR count). The molecule has 0 radical (unpaired) electrons. The van der Waals surface area contributed by atoms with Gasteiger partial charge in [-0.3, -0.25) is 9.69 Å². The number of aromatic nitrogens is 1. The predicted molar refractivity (Wildman–Crippen MR) is 110 cm³/mol. The topological polar surface area (TPSA) is 92.5 Å². The molecule has 0 unspecified atom stereocenters. The van der Waals surface area contributed by atoms with Gasteiger partial charge in [0.25, 0.3) is 0 Å². The van der Waals surface area contributed by atoms with Crippen molar-refractivity contribution in [3.63, 3.8) is 0 Å². The highest BCUT2D eigenvalue weighted by Crippen LogP contribution is 2.44. The summed E-state index contributed by atoms with van der Waals surface area (Å²) in [6.07, 6.45) is 2.03. The number of halogens is 2. The van der Waals surface area contributed by atoms with Crippen LogP contribution in [0.2, 0.25) is 0 Å². The number of hydrogen-bond donors (Lipinski definition) is 1. The molecule has 10 heteroatoms. The molecule has 1 aromatic heterocycles. The van der Waals surface area contributed by atoms with E-state index in [0.717, 1.165) is 6.26 Å². The smallest absolute Gasteiger partial charge is 0.231 e. The van der Waals surface area contributed by atoms with E-state index in [1.165, 1.54) is 23.1 Å². The van der Waals surface area contributed by atoms with Crippen LogP contribution in [-0.2, 0) is 14.8 Å². The summed E-state index contributed by atoms with van der Waals surface area (Å²) in [6.45, 7) is 0.334. The summed E-state index contributed by atoms with van der Waals surface area (Å²) in [5.74, 6) is -1.81. The van der Waals surface area contributed by atoms with Crippen LogP contribution in [0.1, 0.15) is 12.8 Å². The quantitative estimate of drug-likeness (QED) is 0.664. The van der Waals surface area contributed by atoms with Crippen LogP contribution in [0, 0.1) is 23.5 Å². The van der Waals surface area contributed by atoms with Crippen LogP contribution in [0.3, 0.4) is 0 Å². The van der Waals surface area contributed by atoms with Crippen molar-refractivity contribution in [2.45, 2.75) is 18.9 Å². The molecule has 2 aliphatic rings. The van der Waals surface area contributed by atoms with Crippen molar-refractivity contribution >= 4 is 32.7 Å². The molecule has 0 bridgehead atoms. The van der Waals surface area contributed by atoms with E-state index in [1.807, 2.05) is 0 Å². The van der Waals surface area contributed by atoms with E-state index in [2.05, 4.69) is 9.88 Å². The number of fused-ring (bicyclic) bond motifs is 2. The highest BCUT2D eigenvalue weighted by atomic mass is 32.2. The van der Waals surface area contributed by atoms with Gasteiger partial charge in [0.1, 0.15) is 11.6 Å². The Morgan fingerprint density at radius 1 is 1.13 bits per heavy atom. The second-order valence-corrected chi connectivity index (χ2v) is 9.94. The Hall–Kier alpha value is -2.85. The van der Waals surface area contributed by atoms with Crippen molar-refractivity contribution in [2.24, 2.45) is 11.8 Å². The molecule has 2 heterocycles. The van der Waals surface area contributed by atoms with Gasteiger partial charge < -0.3 is 4.52 Å². The average Bonchev–Trinajstić information content (AvgIpc) is 3.35. The number of anilines is 1. The number of benzene rings is 2. The van der Waals surface area contributed by atoms with Crippen LogP contribution in [0.25, 0.3) is 22.1 Å². The van der Waals surface area contributed by atoms with Crippen LogP contribution >= 0.6 is 0 Å². The first kappa shape index (κ1) is 20.1. The van der Waals surface area contributed by atoms with E-state index in [1.54, 1.807) is 18.2 Å². The van der Waals surface area contributed by atoms with Crippen LogP contribution in [0.15, 0.2) is 40.9 Å². The standard InChI is InChI=1S/C21H19F2N3O4S/c1-31(28,29)25-12-8-11-10-26(21(27)14(11)9-12)20-19-13(4-2-7-17(19)30-24-20)18-15(22)5-3-6-16(18)23/h2-7,11-12,14,25H,8-10H2,1H3/t11-,12-,14-/m0/s1. The number of nitrogens with zero attached hydrogens (tertiary/aromatic N) is 2. The first-order valence-corrected chi connectivity index (χ1v) is 11.7. The molecule has 31 heavy (non-hydrogen) atoms. The Bertz CT molecular complexity index is 1290. The summed E-state index contributed by atoms with van der Waals surface area (Å²) < 4.78 is 60.0. The highest BCUT2D eigenvalue weighted by Gasteiger charge is 2.48. The maximum atomic E-state index is 14.5. The van der Waals surface area contributed by atoms with Crippen molar-refractivity contribution in [1.29, 1.82) is 0 Å². The minimum absolute atomic E-state index is 0.0455. The van der Waals surface area contributed by atoms with Crippen LogP contribution in [-0.4, -0.2) is 38.3 Å². The molecule has 1 aliphatic carbocycles. The number of hydrogen-bond acceptors (Lipinski definition) is 5. The number of carbonyl (C=O) groups is 1. The fraction of sp³-hybridized carbons (Fsp3) is 0.333. The van der Waals surface area contributed by atoms with E-state index in [4.69, 9.17) is 4.52 Å². The van der Waals surface area contributed by atoms with Crippen molar-refractivity contribution < 1.29 is 26.5 Å². The van der Waals surface area contributed by atoms with Crippen LogP contribution in [0.5, 0.6) is 0 Å². The average molecular weight is 447 g/mol. The summed E-state index contributed by atoms with van der Waals surface area (Å²) in [5, 5.41) is 4.42. The molecule has 1 saturated heterocycles. The molecule has 3 atom stereocenters. The van der Waals surface area contributed by atoms with Gasteiger partial charge in [0.15, 0.2) is 11.4 Å². The lowest BCUT2D eigenvalue weighted by atomic mass is 10.00. The first-order valence-electron chi connectivity index (χ1n) is 9.84. The zero-order valence-corrected chi connectivity index (χ0v) is 17.3. The second-order valence-electron chi connectivity index (χ2n) is 8.16. The maximum Gasteiger partial charge on any atom is 0.231 e. The Morgan fingerprint density at radius 3 is 2.52 bits per heavy atom. The highest BCUT2D eigenvalue weighted by molar-refractivity contribution is 7.88. The second kappa shape index (κ2) is 7.10. The Balaban J connectivity index is 1.53. The number of sulfonamides is 1. The summed E-state index contributed by atoms with van der Waals surface area (Å²) in [5.41, 5.74) is 0.365. The fourth-order valence-electron chi connectivity index (χ4n) is 4.87. The molecular weight excluding hydrogens is 428 g/mol. The van der Waals surface area contributed by atoms with Gasteiger partial charge in [0, 0.05) is 24.1 Å². The maximum absolute atomic E-state index is 14.5. The predicted octanol–water partition coefficient (Wildman–Crippen LogP) is 3.06. The lowest BCUT2D eigenvalue weighted by molar-refractivity contribution is -0.120. The van der Waals surface area contributed by atoms with Crippen LogP contribution < -0.4 is 9.62 Å². The first-order chi connectivity index (χ1) is 14.7. The van der Waals surface area contributed by atoms with E-state index in [0.29, 0.717) is 30.4 Å². The Labute approximate surface area is 177 Å². The van der Waals surface area contributed by atoms with Gasteiger partial charge in [-0.25, -0.2) is 21.9 Å². The van der Waals surface area contributed by atoms with Gasteiger partial charge in [-0.15, -0.1) is 0 Å². The molecule has 162 valence electrons. The van der Waals surface area contributed by atoms with Crippen molar-refractivity contribution in [3.8, 4) is 11.1 Å². The minimum atomic E-state index is -3.36. The SMILES string of the molecule is CS(=O)(=O)N[C@H]1C[C@H]2CN(c3noc4cccc(-c5c(F)cccc5F)c34)C(=O)[C@H]2C1. The van der Waals surface area contributed by atoms with Gasteiger partial charge in [0.05, 0.1) is 17.2 Å². The lowest BCUT2D eigenvalue weighted by Crippen LogP contribution is -2.35. The molecule has 2 aromatic carbocycles. The van der Waals surface area contributed by atoms with Gasteiger partial charge in [-0.1, -0.05) is 23.4 Å². The normalized spacial score (nSPS) is 23.6. The third kappa shape index (κ3) is 3.39. The van der Waals surface area contributed by atoms with Crippen molar-refractivity contribution in [2.75, 3.05) is 17.7 Å². The Kier molecular flexibility index (Phi) is 4.60. The summed E-state index contributed by atoms with van der Waals surface area (Å²) in [7, 11) is -3.36. The minimum Gasteiger partial charge on any atom is -0.354 e. The third-order valence-electron chi connectivity index (χ3n) is 6.04. The molecule has 1 saturated carbocycles. The molecule has 1 N–H and O–H groups in total. The summed E-state index contributed by atoms with van der Waals surface area (Å²) in [4.78, 5) is 14.6. The zero-order valence-electron chi connectivity index (χ0n) is 16.5. The van der Waals surface area contributed by atoms with E-state index in [-0.39, 0.29) is 40.7 Å². The van der Waals surface area contributed by atoms with Gasteiger partial charge in [-0.05, 0) is 37.0 Å². The molecule has 3 aromatic rings. The third-order valence-corrected chi connectivity index (χ3v) is 6.81.